The molecule has 0 bridgehead atoms. The first-order valence-corrected chi connectivity index (χ1v) is 21.3. The summed E-state index contributed by atoms with van der Waals surface area (Å²) in [5.41, 5.74) is 0. The molecule has 0 saturated carbocycles. The molecule has 0 radical (unpaired) electrons. The van der Waals surface area contributed by atoms with Crippen LogP contribution < -0.4 is 0 Å². The number of rotatable bonds is 37. The number of aliphatic hydroxyl groups excluding tert-OH is 2. The van der Waals surface area contributed by atoms with Crippen molar-refractivity contribution in [3.05, 3.63) is 24.3 Å². The van der Waals surface area contributed by atoms with E-state index in [9.17, 15) is 24.2 Å². The van der Waals surface area contributed by atoms with Crippen molar-refractivity contribution in [1.29, 1.82) is 0 Å². The summed E-state index contributed by atoms with van der Waals surface area (Å²) >= 11 is 0. The molecular weight excluding hydrogens is 659 g/mol. The fourth-order valence-corrected chi connectivity index (χ4v) is 6.01. The molecule has 0 aliphatic carbocycles. The van der Waals surface area contributed by atoms with E-state index in [4.69, 9.17) is 19.1 Å². The number of carbonyl (C=O) groups is 2. The Morgan fingerprint density at radius 2 is 0.980 bits per heavy atom. The molecule has 0 aromatic carbocycles. The van der Waals surface area contributed by atoms with Gasteiger partial charge in [0.2, 0.25) is 0 Å². The molecule has 0 heterocycles. The molecule has 0 aromatic heterocycles. The van der Waals surface area contributed by atoms with Crippen LogP contribution in [0.4, 0.5) is 0 Å². The monoisotopic (exact) mass is 732 g/mol. The van der Waals surface area contributed by atoms with E-state index in [0.29, 0.717) is 12.8 Å². The van der Waals surface area contributed by atoms with Crippen LogP contribution in [0, 0.1) is 0 Å². The van der Waals surface area contributed by atoms with Crippen LogP contribution in [0.2, 0.25) is 0 Å². The quantitative estimate of drug-likeness (QED) is 0.0244. The molecule has 0 fully saturated rings. The second kappa shape index (κ2) is 35.8. The van der Waals surface area contributed by atoms with Crippen molar-refractivity contribution in [1.82, 2.24) is 0 Å². The summed E-state index contributed by atoms with van der Waals surface area (Å²) in [6.45, 7) is 2.32. The lowest BCUT2D eigenvalue weighted by atomic mass is 10.1. The van der Waals surface area contributed by atoms with Crippen molar-refractivity contribution in [2.75, 3.05) is 26.4 Å². The van der Waals surface area contributed by atoms with E-state index in [2.05, 4.69) is 42.7 Å². The van der Waals surface area contributed by atoms with Crippen LogP contribution in [0.15, 0.2) is 24.3 Å². The Kier molecular flexibility index (Phi) is 34.7. The molecule has 294 valence electrons. The van der Waals surface area contributed by atoms with Gasteiger partial charge in [0.05, 0.1) is 19.8 Å². The van der Waals surface area contributed by atoms with Gasteiger partial charge in [-0.1, -0.05) is 122 Å². The molecule has 3 N–H and O–H groups in total. The Hall–Kier alpha value is -1.55. The average molecular weight is 733 g/mol. The zero-order valence-corrected chi connectivity index (χ0v) is 32.5. The van der Waals surface area contributed by atoms with E-state index in [-0.39, 0.29) is 19.4 Å². The summed E-state index contributed by atoms with van der Waals surface area (Å²) in [5.74, 6) is -0.953. The van der Waals surface area contributed by atoms with Crippen molar-refractivity contribution in [3.8, 4) is 0 Å². The van der Waals surface area contributed by atoms with Crippen LogP contribution in [-0.2, 0) is 32.7 Å². The third kappa shape index (κ3) is 34.9. The molecule has 0 aliphatic rings. The topological polar surface area (TPSA) is 149 Å². The first-order valence-electron chi connectivity index (χ1n) is 19.8. The predicted octanol–water partition coefficient (Wildman–Crippen LogP) is 9.83. The van der Waals surface area contributed by atoms with Gasteiger partial charge in [0.1, 0.15) is 12.7 Å². The summed E-state index contributed by atoms with van der Waals surface area (Å²) in [6.07, 6.45) is 32.9. The maximum absolute atomic E-state index is 12.5. The fourth-order valence-electron chi connectivity index (χ4n) is 5.22. The van der Waals surface area contributed by atoms with Crippen molar-refractivity contribution in [2.45, 2.75) is 187 Å². The predicted molar refractivity (Wildman–Crippen MR) is 201 cm³/mol. The number of phosphoric acid groups is 1. The van der Waals surface area contributed by atoms with Crippen LogP contribution in [0.5, 0.6) is 0 Å². The molecule has 50 heavy (non-hydrogen) atoms. The van der Waals surface area contributed by atoms with Crippen molar-refractivity contribution >= 4 is 19.8 Å². The van der Waals surface area contributed by atoms with Gasteiger partial charge < -0.3 is 24.6 Å². The van der Waals surface area contributed by atoms with Crippen LogP contribution >= 0.6 is 7.82 Å². The number of esters is 2. The van der Waals surface area contributed by atoms with Crippen molar-refractivity contribution in [2.24, 2.45) is 0 Å². The van der Waals surface area contributed by atoms with Crippen LogP contribution in [0.1, 0.15) is 174 Å². The maximum atomic E-state index is 12.5. The minimum atomic E-state index is -4.61. The average Bonchev–Trinajstić information content (AvgIpc) is 3.10. The second-order valence-electron chi connectivity index (χ2n) is 13.3. The SMILES string of the molecule is CCCCC/C=C/CCCCCCCC(=O)OC[C@H](COP(=O)(O)OC[C@@H](O)CO)OC(=O)CCCCC/C=C/CCCCCCCCCC. The zero-order valence-electron chi connectivity index (χ0n) is 31.6. The Labute approximate surface area is 304 Å². The number of allylic oxidation sites excluding steroid dienone is 4. The number of hydrogen-bond donors (Lipinski definition) is 3. The second-order valence-corrected chi connectivity index (χ2v) is 14.8. The van der Waals surface area contributed by atoms with Gasteiger partial charge >= 0.3 is 19.8 Å². The zero-order chi connectivity index (χ0) is 37.0. The van der Waals surface area contributed by atoms with E-state index < -0.39 is 51.8 Å². The summed E-state index contributed by atoms with van der Waals surface area (Å²) in [4.78, 5) is 34.8. The normalized spacial score (nSPS) is 14.3. The lowest BCUT2D eigenvalue weighted by molar-refractivity contribution is -0.161. The largest absolute Gasteiger partial charge is 0.472 e. The number of hydrogen-bond acceptors (Lipinski definition) is 9. The standard InChI is InChI=1S/C39H73O10P/c1-3-5-7-9-11-13-15-17-18-19-21-23-25-27-29-31-39(43)49-37(35-48-50(44,45)47-33-36(41)32-40)34-46-38(42)30-28-26-24-22-20-16-14-12-10-8-6-4-2/h12,14,19,21,36-37,40-41H,3-11,13,15-18,20,22-35H2,1-2H3,(H,44,45)/b14-12+,21-19+/t36-,37+/m0/s1. The van der Waals surface area contributed by atoms with E-state index in [1.54, 1.807) is 0 Å². The van der Waals surface area contributed by atoms with Gasteiger partial charge in [-0.25, -0.2) is 4.57 Å². The van der Waals surface area contributed by atoms with Gasteiger partial charge in [0.25, 0.3) is 0 Å². The highest BCUT2D eigenvalue weighted by Gasteiger charge is 2.27. The molecular formula is C39H73O10P. The molecule has 0 rings (SSSR count). The highest BCUT2D eigenvalue weighted by molar-refractivity contribution is 7.47. The van der Waals surface area contributed by atoms with Crippen molar-refractivity contribution in [3.63, 3.8) is 0 Å². The number of carbonyl (C=O) groups excluding carboxylic acids is 2. The summed E-state index contributed by atoms with van der Waals surface area (Å²) in [6, 6.07) is 0. The van der Waals surface area contributed by atoms with Gasteiger partial charge in [0.15, 0.2) is 6.10 Å². The smallest absolute Gasteiger partial charge is 0.462 e. The van der Waals surface area contributed by atoms with Crippen LogP contribution in [-0.4, -0.2) is 65.7 Å². The number of ether oxygens (including phenoxy) is 2. The highest BCUT2D eigenvalue weighted by Crippen LogP contribution is 2.43. The highest BCUT2D eigenvalue weighted by atomic mass is 31.2. The van der Waals surface area contributed by atoms with Crippen LogP contribution in [0.25, 0.3) is 0 Å². The number of phosphoric ester groups is 1. The molecule has 0 spiro atoms. The van der Waals surface area contributed by atoms with E-state index >= 15 is 0 Å². The lowest BCUT2D eigenvalue weighted by Gasteiger charge is -2.20. The van der Waals surface area contributed by atoms with Gasteiger partial charge in [-0.15, -0.1) is 0 Å². The third-order valence-electron chi connectivity index (χ3n) is 8.33. The molecule has 3 atom stereocenters. The summed E-state index contributed by atoms with van der Waals surface area (Å²) < 4.78 is 32.6. The van der Waals surface area contributed by atoms with Gasteiger partial charge in [-0.2, -0.15) is 0 Å². The Morgan fingerprint density at radius 1 is 0.580 bits per heavy atom. The molecule has 10 nitrogen and oxygen atoms in total. The molecule has 0 aromatic rings. The third-order valence-corrected chi connectivity index (χ3v) is 9.28. The van der Waals surface area contributed by atoms with Crippen molar-refractivity contribution < 1.29 is 47.8 Å². The van der Waals surface area contributed by atoms with E-state index in [0.717, 1.165) is 64.2 Å². The summed E-state index contributed by atoms with van der Waals surface area (Å²) in [5, 5.41) is 18.3. The summed E-state index contributed by atoms with van der Waals surface area (Å²) in [7, 11) is -4.61. The van der Waals surface area contributed by atoms with E-state index in [1.807, 2.05) is 0 Å². The number of unbranched alkanes of at least 4 members (excludes halogenated alkanes) is 19. The van der Waals surface area contributed by atoms with E-state index in [1.165, 1.54) is 70.6 Å². The molecule has 11 heteroatoms. The van der Waals surface area contributed by atoms with Gasteiger partial charge in [-0.3, -0.25) is 18.6 Å². The number of aliphatic hydroxyl groups is 2. The van der Waals surface area contributed by atoms with Gasteiger partial charge in [0, 0.05) is 12.8 Å². The Balaban J connectivity index is 4.38. The first-order chi connectivity index (χ1) is 24.2. The van der Waals surface area contributed by atoms with Gasteiger partial charge in [-0.05, 0) is 64.2 Å². The molecule has 1 unspecified atom stereocenters. The van der Waals surface area contributed by atoms with Crippen LogP contribution in [0.3, 0.4) is 0 Å². The minimum absolute atomic E-state index is 0.164. The fraction of sp³-hybridized carbons (Fsp3) is 0.846. The molecule has 0 aliphatic heterocycles. The first kappa shape index (κ1) is 48.5. The Morgan fingerprint density at radius 3 is 1.50 bits per heavy atom. The maximum Gasteiger partial charge on any atom is 0.472 e. The lowest BCUT2D eigenvalue weighted by Crippen LogP contribution is -2.29. The molecule has 0 amide bonds. The molecule has 0 saturated heterocycles. The Bertz CT molecular complexity index is 894. The minimum Gasteiger partial charge on any atom is -0.462 e.